The van der Waals surface area contributed by atoms with Crippen molar-refractivity contribution in [1.82, 2.24) is 14.1 Å². The van der Waals surface area contributed by atoms with E-state index in [9.17, 15) is 33.7 Å². The van der Waals surface area contributed by atoms with Crippen molar-refractivity contribution in [2.75, 3.05) is 0 Å². The molecule has 0 amide bonds. The topological polar surface area (TPSA) is 162 Å². The van der Waals surface area contributed by atoms with Crippen molar-refractivity contribution in [3.8, 4) is 0 Å². The summed E-state index contributed by atoms with van der Waals surface area (Å²) in [7, 11) is 0. The average molecular weight is 516 g/mol. The van der Waals surface area contributed by atoms with Crippen molar-refractivity contribution in [3.05, 3.63) is 79.0 Å². The Bertz CT molecular complexity index is 1530. The third kappa shape index (κ3) is 4.82. The Kier molecular flexibility index (Phi) is 6.85. The van der Waals surface area contributed by atoms with Crippen LogP contribution < -0.4 is 11.2 Å². The van der Waals surface area contributed by atoms with E-state index in [1.807, 2.05) is 0 Å². The lowest BCUT2D eigenvalue weighted by Gasteiger charge is -2.24. The number of ether oxygens (including phenoxy) is 3. The Labute approximate surface area is 207 Å². The maximum atomic E-state index is 14.9. The van der Waals surface area contributed by atoms with E-state index in [4.69, 9.17) is 14.2 Å². The van der Waals surface area contributed by atoms with Gasteiger partial charge < -0.3 is 14.2 Å². The largest absolute Gasteiger partial charge is 0.456 e. The summed E-state index contributed by atoms with van der Waals surface area (Å²) in [5.74, 6) is -2.87. The van der Waals surface area contributed by atoms with Crippen LogP contribution in [0.3, 0.4) is 0 Å². The summed E-state index contributed by atoms with van der Waals surface area (Å²) < 4.78 is 32.1. The number of rotatable bonds is 6. The smallest absolute Gasteiger partial charge is 0.333 e. The molecule has 1 saturated heterocycles. The van der Waals surface area contributed by atoms with Crippen LogP contribution in [0, 0.1) is 15.9 Å². The highest BCUT2D eigenvalue weighted by Crippen LogP contribution is 2.33. The molecule has 4 rings (SSSR count). The van der Waals surface area contributed by atoms with Gasteiger partial charge in [0.1, 0.15) is 0 Å². The van der Waals surface area contributed by atoms with Gasteiger partial charge in [0, 0.05) is 31.5 Å². The number of hydrogen-bond donors (Lipinski definition) is 0. The van der Waals surface area contributed by atoms with Crippen molar-refractivity contribution in [3.63, 3.8) is 0 Å². The molecule has 0 aliphatic carbocycles. The zero-order chi connectivity index (χ0) is 27.0. The SMILES string of the molecule is CC(=O)O[C@@H]1[C@H](OC(C)=O)[C@@H](C)O[C@H]1n1cc(F)c(=O)n(Cc2c([N+](=O)[O-])ccc3cccnc23)c1=O. The van der Waals surface area contributed by atoms with E-state index in [0.29, 0.717) is 20.7 Å². The van der Waals surface area contributed by atoms with E-state index in [-0.39, 0.29) is 11.1 Å². The van der Waals surface area contributed by atoms with Gasteiger partial charge >= 0.3 is 17.6 Å². The van der Waals surface area contributed by atoms with Gasteiger partial charge in [-0.3, -0.25) is 38.6 Å². The summed E-state index contributed by atoms with van der Waals surface area (Å²) in [5, 5.41) is 12.2. The number of aromatic nitrogens is 3. The molecule has 1 aromatic carbocycles. The Morgan fingerprint density at radius 3 is 2.49 bits per heavy atom. The van der Waals surface area contributed by atoms with E-state index < -0.39 is 70.7 Å². The van der Waals surface area contributed by atoms with Gasteiger partial charge in [0.15, 0.2) is 18.4 Å². The quantitative estimate of drug-likeness (QED) is 0.266. The Morgan fingerprint density at radius 2 is 1.84 bits per heavy atom. The fourth-order valence-corrected chi connectivity index (χ4v) is 4.29. The molecule has 0 spiro atoms. The molecule has 0 unspecified atom stereocenters. The number of nitrogens with zero attached hydrogens (tertiary/aromatic N) is 4. The summed E-state index contributed by atoms with van der Waals surface area (Å²) in [5.41, 5.74) is -2.81. The lowest BCUT2D eigenvalue weighted by Crippen LogP contribution is -2.46. The van der Waals surface area contributed by atoms with Crippen LogP contribution in [0.5, 0.6) is 0 Å². The number of pyridine rings is 1. The highest BCUT2D eigenvalue weighted by molar-refractivity contribution is 5.85. The fraction of sp³-hybridized carbons (Fsp3) is 0.348. The molecule has 0 bridgehead atoms. The summed E-state index contributed by atoms with van der Waals surface area (Å²) in [6.45, 7) is 3.02. The Morgan fingerprint density at radius 1 is 1.16 bits per heavy atom. The minimum atomic E-state index is -1.47. The van der Waals surface area contributed by atoms with Crippen LogP contribution in [0.4, 0.5) is 10.1 Å². The van der Waals surface area contributed by atoms with Gasteiger partial charge in [-0.1, -0.05) is 6.07 Å². The molecule has 3 heterocycles. The summed E-state index contributed by atoms with van der Waals surface area (Å²) in [4.78, 5) is 64.6. The lowest BCUT2D eigenvalue weighted by molar-refractivity contribution is -0.385. The molecule has 1 aliphatic heterocycles. The number of carbonyl (C=O) groups excluding carboxylic acids is 2. The average Bonchev–Trinajstić information content (AvgIpc) is 3.12. The zero-order valence-corrected chi connectivity index (χ0v) is 19.8. The van der Waals surface area contributed by atoms with Crippen LogP contribution in [-0.4, -0.2) is 49.3 Å². The van der Waals surface area contributed by atoms with Crippen LogP contribution in [0.2, 0.25) is 0 Å². The van der Waals surface area contributed by atoms with Crippen LogP contribution in [0.15, 0.2) is 46.2 Å². The number of hydrogen-bond acceptors (Lipinski definition) is 10. The van der Waals surface area contributed by atoms with Gasteiger partial charge in [0.05, 0.1) is 34.8 Å². The number of benzene rings is 1. The molecule has 1 fully saturated rings. The summed E-state index contributed by atoms with van der Waals surface area (Å²) >= 11 is 0. The van der Waals surface area contributed by atoms with Crippen LogP contribution in [0.25, 0.3) is 10.9 Å². The molecule has 0 saturated carbocycles. The molecule has 3 aromatic rings. The molecule has 194 valence electrons. The van der Waals surface area contributed by atoms with Crippen molar-refractivity contribution < 1.29 is 33.1 Å². The van der Waals surface area contributed by atoms with Crippen molar-refractivity contribution >= 4 is 28.5 Å². The third-order valence-electron chi connectivity index (χ3n) is 5.82. The minimum absolute atomic E-state index is 0.0884. The predicted octanol–water partition coefficient (Wildman–Crippen LogP) is 1.43. The van der Waals surface area contributed by atoms with Gasteiger partial charge in [-0.05, 0) is 19.1 Å². The first-order chi connectivity index (χ1) is 17.5. The number of esters is 2. The molecular weight excluding hydrogens is 495 g/mol. The Hall–Kier alpha value is -4.46. The molecule has 0 radical (unpaired) electrons. The maximum absolute atomic E-state index is 14.9. The minimum Gasteiger partial charge on any atom is -0.456 e. The standard InChI is InChI=1S/C23H21FN4O9/c1-11-19(36-12(2)29)20(37-13(3)30)22(35-11)27-10-16(24)21(31)26(23(27)32)9-15-17(28(33)34)7-6-14-5-4-8-25-18(14)15/h4-8,10-11,19-20,22H,9H2,1-3H3/t11-,19-,20-,22-/m1/s1. The number of fused-ring (bicyclic) bond motifs is 1. The van der Waals surface area contributed by atoms with Gasteiger partial charge in [0.2, 0.25) is 5.82 Å². The summed E-state index contributed by atoms with van der Waals surface area (Å²) in [6.07, 6.45) is -2.87. The van der Waals surface area contributed by atoms with E-state index in [1.165, 1.54) is 25.3 Å². The van der Waals surface area contributed by atoms with E-state index in [1.54, 1.807) is 12.1 Å². The van der Waals surface area contributed by atoms with Crippen molar-refractivity contribution in [2.45, 2.75) is 51.9 Å². The van der Waals surface area contributed by atoms with Crippen molar-refractivity contribution in [2.24, 2.45) is 0 Å². The predicted molar refractivity (Wildman–Crippen MR) is 123 cm³/mol. The molecule has 14 heteroatoms. The second kappa shape index (κ2) is 9.89. The normalized spacial score (nSPS) is 21.1. The van der Waals surface area contributed by atoms with Gasteiger partial charge in [-0.15, -0.1) is 0 Å². The molecule has 0 N–H and O–H groups in total. The zero-order valence-electron chi connectivity index (χ0n) is 19.8. The lowest BCUT2D eigenvalue weighted by atomic mass is 10.1. The molecule has 37 heavy (non-hydrogen) atoms. The molecule has 4 atom stereocenters. The van der Waals surface area contributed by atoms with Crippen molar-refractivity contribution in [1.29, 1.82) is 0 Å². The molecule has 13 nitrogen and oxygen atoms in total. The van der Waals surface area contributed by atoms with Crippen LogP contribution >= 0.6 is 0 Å². The highest BCUT2D eigenvalue weighted by atomic mass is 19.1. The first-order valence-corrected chi connectivity index (χ1v) is 11.0. The maximum Gasteiger partial charge on any atom is 0.333 e. The molecular formula is C23H21FN4O9. The Balaban J connectivity index is 1.87. The van der Waals surface area contributed by atoms with Crippen LogP contribution in [0.1, 0.15) is 32.6 Å². The number of carbonyl (C=O) groups is 2. The first-order valence-electron chi connectivity index (χ1n) is 11.0. The fourth-order valence-electron chi connectivity index (χ4n) is 4.29. The second-order valence-electron chi connectivity index (χ2n) is 8.33. The third-order valence-corrected chi connectivity index (χ3v) is 5.82. The number of nitro groups is 1. The van der Waals surface area contributed by atoms with Gasteiger partial charge in [-0.25, -0.2) is 4.79 Å². The monoisotopic (exact) mass is 516 g/mol. The van der Waals surface area contributed by atoms with E-state index in [0.717, 1.165) is 13.8 Å². The molecule has 2 aromatic heterocycles. The van der Waals surface area contributed by atoms with E-state index in [2.05, 4.69) is 4.98 Å². The summed E-state index contributed by atoms with van der Waals surface area (Å²) in [6, 6.07) is 5.90. The highest BCUT2D eigenvalue weighted by Gasteiger charge is 2.48. The van der Waals surface area contributed by atoms with E-state index >= 15 is 0 Å². The number of nitro benzene ring substituents is 1. The first kappa shape index (κ1) is 25.6. The van der Waals surface area contributed by atoms with Gasteiger partial charge in [0.25, 0.3) is 11.2 Å². The van der Waals surface area contributed by atoms with Crippen LogP contribution in [-0.2, 0) is 30.3 Å². The molecule has 1 aliphatic rings. The number of halogens is 1. The second-order valence-corrected chi connectivity index (χ2v) is 8.33. The van der Waals surface area contributed by atoms with Gasteiger partial charge in [-0.2, -0.15) is 4.39 Å².